The Hall–Kier alpha value is -4.16. The minimum Gasteiger partial charge on any atom is -0.478 e. The van der Waals surface area contributed by atoms with E-state index in [2.05, 4.69) is 10.6 Å². The van der Waals surface area contributed by atoms with Gasteiger partial charge >= 0.3 is 17.9 Å². The molecule has 0 saturated heterocycles. The fourth-order valence-electron chi connectivity index (χ4n) is 4.30. The smallest absolute Gasteiger partial charge is 0.341 e. The number of esters is 1. The zero-order valence-electron chi connectivity index (χ0n) is 21.4. The molecule has 40 heavy (non-hydrogen) atoms. The van der Waals surface area contributed by atoms with Crippen LogP contribution in [0.25, 0.3) is 0 Å². The molecule has 1 aromatic heterocycles. The van der Waals surface area contributed by atoms with Crippen LogP contribution in [0, 0.1) is 0 Å². The average Bonchev–Trinajstić information content (AvgIpc) is 3.29. The quantitative estimate of drug-likeness (QED) is 0.187. The fraction of sp³-hybridized carbons (Fsp3) is 0.250. The maximum atomic E-state index is 12.8. The van der Waals surface area contributed by atoms with Crippen molar-refractivity contribution in [1.82, 2.24) is 0 Å². The Kier molecular flexibility index (Phi) is 9.22. The van der Waals surface area contributed by atoms with Gasteiger partial charge in [0.15, 0.2) is 0 Å². The molecule has 1 aliphatic rings. The SMILES string of the molecule is CCOC(=O)c1c(NC(=O)CSc2cccc(NC(=O)c3ccc(C(=O)O)cc3C(=O)O)c2)sc2c1CCCC2. The molecule has 0 spiro atoms. The van der Waals surface area contributed by atoms with Gasteiger partial charge in [-0.1, -0.05) is 6.07 Å². The summed E-state index contributed by atoms with van der Waals surface area (Å²) >= 11 is 2.64. The number of aryl methyl sites for hydroxylation is 1. The number of carboxylic acid groups (broad SMARTS) is 2. The van der Waals surface area contributed by atoms with E-state index >= 15 is 0 Å². The van der Waals surface area contributed by atoms with Crippen molar-refractivity contribution in [2.24, 2.45) is 0 Å². The van der Waals surface area contributed by atoms with Crippen molar-refractivity contribution in [3.63, 3.8) is 0 Å². The van der Waals surface area contributed by atoms with Gasteiger partial charge in [0.2, 0.25) is 5.91 Å². The monoisotopic (exact) mass is 582 g/mol. The van der Waals surface area contributed by atoms with Crippen molar-refractivity contribution < 1.29 is 38.9 Å². The number of aromatic carboxylic acids is 2. The molecule has 3 aromatic rings. The van der Waals surface area contributed by atoms with Crippen LogP contribution < -0.4 is 10.6 Å². The van der Waals surface area contributed by atoms with Gasteiger partial charge in [0, 0.05) is 15.5 Å². The van der Waals surface area contributed by atoms with Crippen LogP contribution in [0.1, 0.15) is 71.6 Å². The van der Waals surface area contributed by atoms with Crippen molar-refractivity contribution in [3.05, 3.63) is 75.2 Å². The summed E-state index contributed by atoms with van der Waals surface area (Å²) in [4.78, 5) is 62.8. The molecule has 4 rings (SSSR count). The van der Waals surface area contributed by atoms with Crippen molar-refractivity contribution >= 4 is 63.5 Å². The van der Waals surface area contributed by atoms with E-state index in [-0.39, 0.29) is 29.4 Å². The molecule has 12 heteroatoms. The predicted octanol–water partition coefficient (Wildman–Crippen LogP) is 5.18. The Bertz CT molecular complexity index is 1500. The number of anilines is 2. The molecular formula is C28H26N2O8S2. The molecule has 0 fully saturated rings. The third-order valence-corrected chi connectivity index (χ3v) is 8.31. The number of carboxylic acids is 2. The minimum absolute atomic E-state index is 0.0437. The van der Waals surface area contributed by atoms with Crippen LogP contribution >= 0.6 is 23.1 Å². The lowest BCUT2D eigenvalue weighted by molar-refractivity contribution is -0.113. The van der Waals surface area contributed by atoms with Crippen LogP contribution in [0.15, 0.2) is 47.4 Å². The van der Waals surface area contributed by atoms with Crippen LogP contribution in [-0.4, -0.2) is 52.3 Å². The van der Waals surface area contributed by atoms with Gasteiger partial charge in [-0.3, -0.25) is 9.59 Å². The molecule has 208 valence electrons. The number of hydrogen-bond acceptors (Lipinski definition) is 8. The second-order valence-corrected chi connectivity index (χ2v) is 11.0. The largest absolute Gasteiger partial charge is 0.478 e. The van der Waals surface area contributed by atoms with Crippen molar-refractivity contribution in [2.75, 3.05) is 23.0 Å². The first kappa shape index (κ1) is 28.8. The molecular weight excluding hydrogens is 556 g/mol. The number of hydrogen-bond donors (Lipinski definition) is 4. The van der Waals surface area contributed by atoms with E-state index in [0.29, 0.717) is 21.1 Å². The van der Waals surface area contributed by atoms with Crippen LogP contribution in [0.2, 0.25) is 0 Å². The highest BCUT2D eigenvalue weighted by atomic mass is 32.2. The predicted molar refractivity (Wildman–Crippen MR) is 151 cm³/mol. The molecule has 0 saturated carbocycles. The Morgan fingerprint density at radius 1 is 0.950 bits per heavy atom. The lowest BCUT2D eigenvalue weighted by Crippen LogP contribution is -2.17. The summed E-state index contributed by atoms with van der Waals surface area (Å²) in [5.74, 6) is -4.14. The highest BCUT2D eigenvalue weighted by Crippen LogP contribution is 2.38. The number of benzene rings is 2. The zero-order valence-corrected chi connectivity index (χ0v) is 23.1. The van der Waals surface area contributed by atoms with Crippen LogP contribution in [-0.2, 0) is 22.4 Å². The summed E-state index contributed by atoms with van der Waals surface area (Å²) in [5.41, 5.74) is 0.904. The lowest BCUT2D eigenvalue weighted by Gasteiger charge is -2.12. The number of carbonyl (C=O) groups is 5. The highest BCUT2D eigenvalue weighted by Gasteiger charge is 2.27. The lowest BCUT2D eigenvalue weighted by atomic mass is 9.95. The first-order valence-electron chi connectivity index (χ1n) is 12.4. The molecule has 1 aliphatic carbocycles. The van der Waals surface area contributed by atoms with Gasteiger partial charge in [0.1, 0.15) is 5.00 Å². The average molecular weight is 583 g/mol. The van der Waals surface area contributed by atoms with E-state index in [0.717, 1.165) is 54.3 Å². The highest BCUT2D eigenvalue weighted by molar-refractivity contribution is 8.00. The number of amides is 2. The van der Waals surface area contributed by atoms with Crippen molar-refractivity contribution in [2.45, 2.75) is 37.5 Å². The molecule has 10 nitrogen and oxygen atoms in total. The van der Waals surface area contributed by atoms with E-state index in [1.54, 1.807) is 31.2 Å². The Morgan fingerprint density at radius 2 is 1.73 bits per heavy atom. The van der Waals surface area contributed by atoms with Gasteiger partial charge in [0.05, 0.1) is 34.6 Å². The number of carbonyl (C=O) groups excluding carboxylic acids is 3. The maximum Gasteiger partial charge on any atom is 0.341 e. The van der Waals surface area contributed by atoms with Crippen LogP contribution in [0.4, 0.5) is 10.7 Å². The Morgan fingerprint density at radius 3 is 2.45 bits per heavy atom. The molecule has 2 amide bonds. The van der Waals surface area contributed by atoms with E-state index in [1.165, 1.54) is 23.1 Å². The van der Waals surface area contributed by atoms with E-state index < -0.39 is 29.4 Å². The number of rotatable bonds is 10. The third-order valence-electron chi connectivity index (χ3n) is 6.11. The number of thiophene rings is 1. The standard InChI is InChI=1S/C28H26N2O8S2/c1-2-38-28(37)23-19-8-3-4-9-21(19)40-25(23)30-22(31)14-39-17-7-5-6-16(13-17)29-24(32)18-11-10-15(26(33)34)12-20(18)27(35)36/h5-7,10-13H,2-4,8-9,14H2,1H3,(H,29,32)(H,30,31)(H,33,34)(H,35,36). The first-order chi connectivity index (χ1) is 19.2. The summed E-state index contributed by atoms with van der Waals surface area (Å²) in [6.07, 6.45) is 3.67. The third kappa shape index (κ3) is 6.69. The normalized spacial score (nSPS) is 12.2. The van der Waals surface area contributed by atoms with Gasteiger partial charge in [-0.25, -0.2) is 14.4 Å². The maximum absolute atomic E-state index is 12.8. The summed E-state index contributed by atoms with van der Waals surface area (Å²) in [7, 11) is 0. The zero-order chi connectivity index (χ0) is 28.8. The summed E-state index contributed by atoms with van der Waals surface area (Å²) in [5, 5.41) is 24.5. The summed E-state index contributed by atoms with van der Waals surface area (Å²) in [6.45, 7) is 1.98. The van der Waals surface area contributed by atoms with Gasteiger partial charge < -0.3 is 25.6 Å². The van der Waals surface area contributed by atoms with Gasteiger partial charge in [-0.2, -0.15) is 0 Å². The molecule has 0 aliphatic heterocycles. The van der Waals surface area contributed by atoms with Crippen molar-refractivity contribution in [1.29, 1.82) is 0 Å². The molecule has 4 N–H and O–H groups in total. The number of fused-ring (bicyclic) bond motifs is 1. The van der Waals surface area contributed by atoms with Gasteiger partial charge in [0.25, 0.3) is 5.91 Å². The second kappa shape index (κ2) is 12.8. The summed E-state index contributed by atoms with van der Waals surface area (Å²) in [6, 6.07) is 9.91. The second-order valence-electron chi connectivity index (χ2n) is 8.82. The summed E-state index contributed by atoms with van der Waals surface area (Å²) < 4.78 is 5.24. The van der Waals surface area contributed by atoms with Crippen LogP contribution in [0.5, 0.6) is 0 Å². The number of nitrogens with one attached hydrogen (secondary N) is 2. The number of ether oxygens (including phenoxy) is 1. The van der Waals surface area contributed by atoms with E-state index in [4.69, 9.17) is 9.84 Å². The fourth-order valence-corrected chi connectivity index (χ4v) is 6.35. The minimum atomic E-state index is -1.43. The molecule has 0 atom stereocenters. The molecule has 2 aromatic carbocycles. The van der Waals surface area contributed by atoms with Gasteiger partial charge in [-0.15, -0.1) is 23.1 Å². The Balaban J connectivity index is 1.42. The van der Waals surface area contributed by atoms with Crippen LogP contribution in [0.3, 0.4) is 0 Å². The molecule has 0 bridgehead atoms. The molecule has 1 heterocycles. The Labute approximate surface area is 237 Å². The first-order valence-corrected chi connectivity index (χ1v) is 14.2. The number of thioether (sulfide) groups is 1. The topological polar surface area (TPSA) is 159 Å². The van der Waals surface area contributed by atoms with E-state index in [1.807, 2.05) is 0 Å². The molecule has 0 radical (unpaired) electrons. The molecule has 0 unspecified atom stereocenters. The van der Waals surface area contributed by atoms with Crippen molar-refractivity contribution in [3.8, 4) is 0 Å². The van der Waals surface area contributed by atoms with E-state index in [9.17, 15) is 29.1 Å². The van der Waals surface area contributed by atoms with Gasteiger partial charge in [-0.05, 0) is 74.6 Å².